The molecule has 78 valence electrons. The summed E-state index contributed by atoms with van der Waals surface area (Å²) in [4.78, 5) is 0. The molecule has 2 heteroatoms. The van der Waals surface area contributed by atoms with Crippen molar-refractivity contribution in [2.75, 3.05) is 0 Å². The Labute approximate surface area is 85.3 Å². The summed E-state index contributed by atoms with van der Waals surface area (Å²) in [6.45, 7) is 15.9. The van der Waals surface area contributed by atoms with E-state index in [0.29, 0.717) is 11.3 Å². The van der Waals surface area contributed by atoms with Gasteiger partial charge in [-0.05, 0) is 38.0 Å². The lowest BCUT2D eigenvalue weighted by Gasteiger charge is -2.14. The molecule has 0 bridgehead atoms. The van der Waals surface area contributed by atoms with Crippen molar-refractivity contribution in [3.8, 4) is 0 Å². The Kier molecular flexibility index (Phi) is 4.92. The van der Waals surface area contributed by atoms with Gasteiger partial charge in [-0.1, -0.05) is 19.7 Å². The summed E-state index contributed by atoms with van der Waals surface area (Å²) in [7, 11) is 0. The van der Waals surface area contributed by atoms with Gasteiger partial charge in [-0.2, -0.15) is 0 Å². The summed E-state index contributed by atoms with van der Waals surface area (Å²) < 4.78 is 17.9. The summed E-state index contributed by atoms with van der Waals surface area (Å²) in [5.74, 6) is -0.0606. The molecule has 0 radical (unpaired) electrons. The molecule has 14 heavy (non-hydrogen) atoms. The molecule has 1 atom stereocenters. The normalized spacial score (nSPS) is 13.3. The fraction of sp³-hybridized carbons (Fsp3) is 0.333. The quantitative estimate of drug-likeness (QED) is 0.368. The molecular weight excluding hydrogens is 179 g/mol. The van der Waals surface area contributed by atoms with Gasteiger partial charge in [-0.15, -0.1) is 0 Å². The molecular formula is C12H17FO. The molecule has 0 heterocycles. The van der Waals surface area contributed by atoms with Crippen molar-refractivity contribution < 1.29 is 9.13 Å². The second kappa shape index (κ2) is 5.43. The maximum absolute atomic E-state index is 12.6. The Bertz CT molecular complexity index is 287. The number of allylic oxidation sites excluding steroid dienone is 3. The van der Waals surface area contributed by atoms with E-state index in [1.807, 2.05) is 13.8 Å². The first-order valence-corrected chi connectivity index (χ1v) is 4.38. The van der Waals surface area contributed by atoms with Crippen LogP contribution in [0.25, 0.3) is 0 Å². The van der Waals surface area contributed by atoms with Gasteiger partial charge < -0.3 is 4.74 Å². The van der Waals surface area contributed by atoms with Gasteiger partial charge in [0.15, 0.2) is 0 Å². The number of halogens is 1. The van der Waals surface area contributed by atoms with E-state index >= 15 is 0 Å². The maximum Gasteiger partial charge on any atom is 0.119 e. The Hall–Kier alpha value is -1.31. The highest BCUT2D eigenvalue weighted by atomic mass is 19.1. The minimum atomic E-state index is -0.474. The third-order valence-corrected chi connectivity index (χ3v) is 1.83. The third kappa shape index (κ3) is 4.65. The minimum Gasteiger partial charge on any atom is -0.487 e. The molecule has 0 aliphatic carbocycles. The van der Waals surface area contributed by atoms with Gasteiger partial charge in [0.2, 0.25) is 0 Å². The van der Waals surface area contributed by atoms with Crippen LogP contribution in [0, 0.1) is 0 Å². The monoisotopic (exact) mass is 196 g/mol. The van der Waals surface area contributed by atoms with Crippen LogP contribution >= 0.6 is 0 Å². The Morgan fingerprint density at radius 3 is 2.14 bits per heavy atom. The average molecular weight is 196 g/mol. The Morgan fingerprint density at radius 2 is 1.79 bits per heavy atom. The van der Waals surface area contributed by atoms with Crippen molar-refractivity contribution in [1.29, 1.82) is 0 Å². The molecule has 0 aromatic heterocycles. The van der Waals surface area contributed by atoms with Crippen LogP contribution in [0.5, 0.6) is 0 Å². The predicted octanol–water partition coefficient (Wildman–Crippen LogP) is 3.91. The van der Waals surface area contributed by atoms with E-state index in [-0.39, 0.29) is 6.10 Å². The van der Waals surface area contributed by atoms with E-state index in [2.05, 4.69) is 19.7 Å². The molecule has 0 aromatic rings. The van der Waals surface area contributed by atoms with Crippen molar-refractivity contribution in [1.82, 2.24) is 0 Å². The van der Waals surface area contributed by atoms with Crippen molar-refractivity contribution in [2.24, 2.45) is 0 Å². The van der Waals surface area contributed by atoms with E-state index in [9.17, 15) is 4.39 Å². The lowest BCUT2D eigenvalue weighted by Crippen LogP contribution is -2.07. The van der Waals surface area contributed by atoms with Gasteiger partial charge in [0.05, 0.1) is 0 Å². The number of ether oxygens (including phenoxy) is 1. The first-order valence-electron chi connectivity index (χ1n) is 4.38. The third-order valence-electron chi connectivity index (χ3n) is 1.83. The zero-order valence-electron chi connectivity index (χ0n) is 9.06. The van der Waals surface area contributed by atoms with Crippen molar-refractivity contribution >= 4 is 0 Å². The number of rotatable bonds is 5. The van der Waals surface area contributed by atoms with E-state index in [1.165, 1.54) is 6.08 Å². The van der Waals surface area contributed by atoms with Crippen molar-refractivity contribution in [3.63, 3.8) is 0 Å². The van der Waals surface area contributed by atoms with E-state index in [1.54, 1.807) is 6.92 Å². The summed E-state index contributed by atoms with van der Waals surface area (Å²) in [5, 5.41) is 0. The van der Waals surface area contributed by atoms with Gasteiger partial charge in [-0.25, -0.2) is 4.39 Å². The van der Waals surface area contributed by atoms with Gasteiger partial charge >= 0.3 is 0 Å². The predicted molar refractivity (Wildman–Crippen MR) is 58.5 cm³/mol. The summed E-state index contributed by atoms with van der Waals surface area (Å²) in [5.41, 5.74) is 1.32. The lowest BCUT2D eigenvalue weighted by molar-refractivity contribution is 0.172. The molecule has 0 saturated heterocycles. The van der Waals surface area contributed by atoms with Gasteiger partial charge in [0.25, 0.3) is 0 Å². The van der Waals surface area contributed by atoms with Gasteiger partial charge in [-0.3, -0.25) is 0 Å². The second-order valence-electron chi connectivity index (χ2n) is 3.30. The van der Waals surface area contributed by atoms with Crippen LogP contribution < -0.4 is 0 Å². The second-order valence-corrected chi connectivity index (χ2v) is 3.30. The topological polar surface area (TPSA) is 9.23 Å². The molecule has 0 saturated carbocycles. The van der Waals surface area contributed by atoms with E-state index < -0.39 is 5.83 Å². The van der Waals surface area contributed by atoms with E-state index in [0.717, 1.165) is 5.57 Å². The van der Waals surface area contributed by atoms with E-state index in [4.69, 9.17) is 4.74 Å². The molecule has 1 nitrogen and oxygen atoms in total. The molecule has 0 rings (SSSR count). The SMILES string of the molecule is C=C(/C=C(/C)C(=C)F)OC(C)C(=C)C. The van der Waals surface area contributed by atoms with Crippen LogP contribution in [0.2, 0.25) is 0 Å². The van der Waals surface area contributed by atoms with Crippen LogP contribution in [0.4, 0.5) is 4.39 Å². The molecule has 0 fully saturated rings. The molecule has 0 aromatic carbocycles. The van der Waals surface area contributed by atoms with Crippen LogP contribution in [0.1, 0.15) is 20.8 Å². The Balaban J connectivity index is 4.31. The van der Waals surface area contributed by atoms with Crippen LogP contribution in [0.3, 0.4) is 0 Å². The molecule has 0 N–H and O–H groups in total. The fourth-order valence-corrected chi connectivity index (χ4v) is 0.681. The largest absolute Gasteiger partial charge is 0.487 e. The molecule has 0 amide bonds. The molecule has 0 aliphatic heterocycles. The van der Waals surface area contributed by atoms with Crippen LogP contribution in [0.15, 0.2) is 48.5 Å². The van der Waals surface area contributed by atoms with Gasteiger partial charge in [0, 0.05) is 0 Å². The first-order chi connectivity index (χ1) is 6.34. The van der Waals surface area contributed by atoms with Crippen LogP contribution in [-0.4, -0.2) is 6.10 Å². The first kappa shape index (κ1) is 12.7. The standard InChI is InChI=1S/C12H17FO/c1-8(2)12(6)14-10(4)7-9(3)11(5)13/h7,12H,1,4-5H2,2-3,6H3/b9-7-. The zero-order chi connectivity index (χ0) is 11.3. The smallest absolute Gasteiger partial charge is 0.119 e. The average Bonchev–Trinajstić information content (AvgIpc) is 2.03. The molecule has 0 aliphatic rings. The maximum atomic E-state index is 12.6. The Morgan fingerprint density at radius 1 is 1.29 bits per heavy atom. The van der Waals surface area contributed by atoms with Crippen molar-refractivity contribution in [3.05, 3.63) is 48.5 Å². The summed E-state index contributed by atoms with van der Waals surface area (Å²) in [6.07, 6.45) is 1.40. The minimum absolute atomic E-state index is 0.112. The lowest BCUT2D eigenvalue weighted by atomic mass is 10.2. The van der Waals surface area contributed by atoms with Gasteiger partial charge in [0.1, 0.15) is 17.7 Å². The summed E-state index contributed by atoms with van der Waals surface area (Å²) in [6, 6.07) is 0. The number of hydrogen-bond donors (Lipinski definition) is 0. The molecule has 1 unspecified atom stereocenters. The number of hydrogen-bond acceptors (Lipinski definition) is 1. The highest BCUT2D eigenvalue weighted by molar-refractivity contribution is 5.26. The van der Waals surface area contributed by atoms with Crippen LogP contribution in [-0.2, 0) is 4.74 Å². The molecule has 0 spiro atoms. The highest BCUT2D eigenvalue weighted by Gasteiger charge is 2.04. The fourth-order valence-electron chi connectivity index (χ4n) is 0.681. The van der Waals surface area contributed by atoms with Crippen molar-refractivity contribution in [2.45, 2.75) is 26.9 Å². The highest BCUT2D eigenvalue weighted by Crippen LogP contribution is 2.14. The summed E-state index contributed by atoms with van der Waals surface area (Å²) >= 11 is 0. The zero-order valence-corrected chi connectivity index (χ0v) is 9.06.